The van der Waals surface area contributed by atoms with Crippen LogP contribution in [-0.2, 0) is 16.0 Å². The zero-order valence-corrected chi connectivity index (χ0v) is 17.8. The monoisotopic (exact) mass is 406 g/mol. The van der Waals surface area contributed by atoms with Gasteiger partial charge in [-0.2, -0.15) is 0 Å². The number of ether oxygens (including phenoxy) is 1. The van der Waals surface area contributed by atoms with Crippen molar-refractivity contribution in [2.45, 2.75) is 50.7 Å². The molecule has 0 saturated carbocycles. The smallest absolute Gasteiger partial charge is 0.233 e. The molecule has 0 spiro atoms. The second-order valence-electron chi connectivity index (χ2n) is 6.81. The first kappa shape index (κ1) is 20.1. The number of hydrogen-bond donors (Lipinski definition) is 1. The summed E-state index contributed by atoms with van der Waals surface area (Å²) in [7, 11) is 0. The number of nitrogens with one attached hydrogen (secondary N) is 1. The van der Waals surface area contributed by atoms with Gasteiger partial charge in [-0.1, -0.05) is 48.2 Å². The van der Waals surface area contributed by atoms with Gasteiger partial charge in [-0.05, 0) is 38.3 Å². The standard InChI is InChI=1S/C19H26N4O2S2/c1-5-15-8-6-7-12(2)17(15)20-18-21-22-19(27-18)26-11-16(24)23-9-13(3)25-14(4)10-23/h6-8,13-14H,5,9-11H2,1-4H3,(H,20,21). The topological polar surface area (TPSA) is 67.4 Å². The third kappa shape index (κ3) is 5.21. The summed E-state index contributed by atoms with van der Waals surface area (Å²) < 4.78 is 6.49. The van der Waals surface area contributed by atoms with Crippen molar-refractivity contribution in [1.29, 1.82) is 0 Å². The van der Waals surface area contributed by atoms with Crippen LogP contribution in [0.25, 0.3) is 0 Å². The second kappa shape index (κ2) is 9.03. The van der Waals surface area contributed by atoms with E-state index < -0.39 is 0 Å². The highest BCUT2D eigenvalue weighted by Gasteiger charge is 2.26. The number of carbonyl (C=O) groups is 1. The normalized spacial score (nSPS) is 19.9. The third-order valence-electron chi connectivity index (χ3n) is 4.47. The maximum atomic E-state index is 12.5. The lowest BCUT2D eigenvalue weighted by Crippen LogP contribution is -2.48. The maximum absolute atomic E-state index is 12.5. The van der Waals surface area contributed by atoms with E-state index in [0.717, 1.165) is 21.6 Å². The minimum absolute atomic E-state index is 0.0851. The summed E-state index contributed by atoms with van der Waals surface area (Å²) in [5.74, 6) is 0.498. The van der Waals surface area contributed by atoms with Crippen molar-refractivity contribution >= 4 is 39.8 Å². The number of rotatable bonds is 6. The van der Waals surface area contributed by atoms with Crippen molar-refractivity contribution < 1.29 is 9.53 Å². The van der Waals surface area contributed by atoms with Crippen LogP contribution in [0.15, 0.2) is 22.5 Å². The molecule has 1 aromatic carbocycles. The van der Waals surface area contributed by atoms with Crippen LogP contribution >= 0.6 is 23.1 Å². The molecule has 2 heterocycles. The number of benzene rings is 1. The van der Waals surface area contributed by atoms with Crippen molar-refractivity contribution in [3.8, 4) is 0 Å². The molecule has 3 rings (SSSR count). The molecule has 2 aromatic rings. The van der Waals surface area contributed by atoms with Crippen LogP contribution in [0.5, 0.6) is 0 Å². The van der Waals surface area contributed by atoms with E-state index in [4.69, 9.17) is 4.74 Å². The molecule has 1 aliphatic heterocycles. The zero-order valence-electron chi connectivity index (χ0n) is 16.2. The van der Waals surface area contributed by atoms with Crippen LogP contribution in [0.3, 0.4) is 0 Å². The van der Waals surface area contributed by atoms with E-state index in [1.54, 1.807) is 0 Å². The first-order valence-corrected chi connectivity index (χ1v) is 11.0. The van der Waals surface area contributed by atoms with Gasteiger partial charge in [0.05, 0.1) is 18.0 Å². The Hall–Kier alpha value is -1.64. The Labute approximate surface area is 168 Å². The summed E-state index contributed by atoms with van der Waals surface area (Å²) in [6, 6.07) is 6.27. The predicted molar refractivity (Wildman–Crippen MR) is 111 cm³/mol. The van der Waals surface area contributed by atoms with Crippen LogP contribution < -0.4 is 5.32 Å². The number of morpholine rings is 1. The molecular formula is C19H26N4O2S2. The van der Waals surface area contributed by atoms with E-state index in [2.05, 4.69) is 47.6 Å². The van der Waals surface area contributed by atoms with Gasteiger partial charge in [-0.25, -0.2) is 0 Å². The Kier molecular flexibility index (Phi) is 6.73. The highest BCUT2D eigenvalue weighted by molar-refractivity contribution is 8.01. The molecule has 1 aliphatic rings. The van der Waals surface area contributed by atoms with Crippen molar-refractivity contribution in [3.63, 3.8) is 0 Å². The molecule has 0 aliphatic carbocycles. The van der Waals surface area contributed by atoms with E-state index in [-0.39, 0.29) is 18.1 Å². The van der Waals surface area contributed by atoms with Crippen molar-refractivity contribution in [2.24, 2.45) is 0 Å². The van der Waals surface area contributed by atoms with Crippen molar-refractivity contribution in [3.05, 3.63) is 29.3 Å². The van der Waals surface area contributed by atoms with Crippen LogP contribution in [-0.4, -0.2) is 52.1 Å². The van der Waals surface area contributed by atoms with Gasteiger partial charge in [0.15, 0.2) is 4.34 Å². The van der Waals surface area contributed by atoms with Gasteiger partial charge in [-0.15, -0.1) is 10.2 Å². The van der Waals surface area contributed by atoms with E-state index in [0.29, 0.717) is 18.8 Å². The molecule has 1 N–H and O–H groups in total. The lowest BCUT2D eigenvalue weighted by atomic mass is 10.1. The fourth-order valence-corrected chi connectivity index (χ4v) is 4.88. The van der Waals surface area contributed by atoms with Crippen LogP contribution in [0.2, 0.25) is 0 Å². The van der Waals surface area contributed by atoms with Crippen molar-refractivity contribution in [2.75, 3.05) is 24.2 Å². The maximum Gasteiger partial charge on any atom is 0.233 e. The largest absolute Gasteiger partial charge is 0.372 e. The number of para-hydroxylation sites is 1. The Balaban J connectivity index is 1.58. The van der Waals surface area contributed by atoms with Crippen LogP contribution in [0.1, 0.15) is 31.9 Å². The molecule has 1 aromatic heterocycles. The molecular weight excluding hydrogens is 380 g/mol. The van der Waals surface area contributed by atoms with Gasteiger partial charge in [0.2, 0.25) is 11.0 Å². The molecule has 146 valence electrons. The van der Waals surface area contributed by atoms with Crippen LogP contribution in [0, 0.1) is 6.92 Å². The number of aromatic nitrogens is 2. The SMILES string of the molecule is CCc1cccc(C)c1Nc1nnc(SCC(=O)N2CC(C)OC(C)C2)s1. The zero-order chi connectivity index (χ0) is 19.4. The minimum Gasteiger partial charge on any atom is -0.372 e. The summed E-state index contributed by atoms with van der Waals surface area (Å²) in [6.07, 6.45) is 1.12. The summed E-state index contributed by atoms with van der Waals surface area (Å²) in [4.78, 5) is 14.4. The average Bonchev–Trinajstić information content (AvgIpc) is 3.08. The highest BCUT2D eigenvalue weighted by atomic mass is 32.2. The molecule has 1 fully saturated rings. The van der Waals surface area contributed by atoms with Crippen molar-refractivity contribution in [1.82, 2.24) is 15.1 Å². The number of anilines is 2. The quantitative estimate of drug-likeness (QED) is 0.735. The lowest BCUT2D eigenvalue weighted by Gasteiger charge is -2.35. The molecule has 1 saturated heterocycles. The molecule has 2 unspecified atom stereocenters. The lowest BCUT2D eigenvalue weighted by molar-refractivity contribution is -0.140. The number of thioether (sulfide) groups is 1. The average molecular weight is 407 g/mol. The number of amides is 1. The Bertz CT molecular complexity index is 786. The number of nitrogens with zero attached hydrogens (tertiary/aromatic N) is 3. The third-order valence-corrected chi connectivity index (χ3v) is 6.43. The van der Waals surface area contributed by atoms with Gasteiger partial charge < -0.3 is 15.0 Å². The Morgan fingerprint density at radius 1 is 1.33 bits per heavy atom. The predicted octanol–water partition coefficient (Wildman–Crippen LogP) is 3.88. The molecule has 2 atom stereocenters. The second-order valence-corrected chi connectivity index (χ2v) is 9.01. The molecule has 1 amide bonds. The Morgan fingerprint density at radius 3 is 2.78 bits per heavy atom. The summed E-state index contributed by atoms with van der Waals surface area (Å²) >= 11 is 2.92. The first-order chi connectivity index (χ1) is 13.0. The minimum atomic E-state index is 0.0851. The Morgan fingerprint density at radius 2 is 2.07 bits per heavy atom. The van der Waals surface area contributed by atoms with Gasteiger partial charge >= 0.3 is 0 Å². The molecule has 0 bridgehead atoms. The van der Waals surface area contributed by atoms with E-state index in [1.807, 2.05) is 18.7 Å². The number of aryl methyl sites for hydroxylation is 2. The van der Waals surface area contributed by atoms with E-state index in [1.165, 1.54) is 34.2 Å². The van der Waals surface area contributed by atoms with Gasteiger partial charge in [0.1, 0.15) is 0 Å². The van der Waals surface area contributed by atoms with Gasteiger partial charge in [-0.3, -0.25) is 4.79 Å². The number of carbonyl (C=O) groups excluding carboxylic acids is 1. The van der Waals surface area contributed by atoms with Gasteiger partial charge in [0, 0.05) is 18.8 Å². The highest BCUT2D eigenvalue weighted by Crippen LogP contribution is 2.31. The summed E-state index contributed by atoms with van der Waals surface area (Å²) in [5.41, 5.74) is 3.54. The molecule has 8 heteroatoms. The fourth-order valence-electron chi connectivity index (χ4n) is 3.22. The number of hydrogen-bond acceptors (Lipinski definition) is 7. The molecule has 0 radical (unpaired) electrons. The van der Waals surface area contributed by atoms with Crippen LogP contribution in [0.4, 0.5) is 10.8 Å². The summed E-state index contributed by atoms with van der Waals surface area (Å²) in [6.45, 7) is 9.53. The molecule has 27 heavy (non-hydrogen) atoms. The fraction of sp³-hybridized carbons (Fsp3) is 0.526. The van der Waals surface area contributed by atoms with Gasteiger partial charge in [0.25, 0.3) is 0 Å². The first-order valence-electron chi connectivity index (χ1n) is 9.21. The summed E-state index contributed by atoms with van der Waals surface area (Å²) in [5, 5.41) is 12.6. The van der Waals surface area contributed by atoms with E-state index >= 15 is 0 Å². The molecule has 6 nitrogen and oxygen atoms in total. The van der Waals surface area contributed by atoms with E-state index in [9.17, 15) is 4.79 Å².